The summed E-state index contributed by atoms with van der Waals surface area (Å²) in [6.45, 7) is 6.14. The van der Waals surface area contributed by atoms with Gasteiger partial charge in [-0.05, 0) is 25.1 Å². The van der Waals surface area contributed by atoms with Crippen molar-refractivity contribution in [3.05, 3.63) is 41.7 Å². The van der Waals surface area contributed by atoms with Crippen LogP contribution in [0.4, 0.5) is 4.79 Å². The summed E-state index contributed by atoms with van der Waals surface area (Å²) < 4.78 is 5.09. The zero-order chi connectivity index (χ0) is 17.5. The van der Waals surface area contributed by atoms with Crippen LogP contribution in [0.25, 0.3) is 0 Å². The fraction of sp³-hybridized carbons (Fsp3) is 0.375. The van der Waals surface area contributed by atoms with Crippen molar-refractivity contribution < 1.29 is 14.0 Å². The van der Waals surface area contributed by atoms with E-state index in [1.807, 2.05) is 26.8 Å². The zero-order valence-corrected chi connectivity index (χ0v) is 14.6. The molecule has 2 rings (SSSR count). The second-order valence-corrected chi connectivity index (χ2v) is 6.45. The van der Waals surface area contributed by atoms with Gasteiger partial charge in [-0.3, -0.25) is 10.1 Å². The van der Waals surface area contributed by atoms with E-state index in [4.69, 9.17) is 4.42 Å². The predicted molar refractivity (Wildman–Crippen MR) is 90.7 cm³/mol. The van der Waals surface area contributed by atoms with E-state index in [0.717, 1.165) is 16.5 Å². The van der Waals surface area contributed by atoms with Crippen LogP contribution in [0, 0.1) is 6.92 Å². The maximum atomic E-state index is 11.8. The molecule has 2 N–H and O–H groups in total. The monoisotopic (exact) mass is 348 g/mol. The molecule has 0 aliphatic carbocycles. The van der Waals surface area contributed by atoms with Gasteiger partial charge in [0, 0.05) is 11.6 Å². The lowest BCUT2D eigenvalue weighted by Crippen LogP contribution is -2.39. The number of imide groups is 1. The van der Waals surface area contributed by atoms with Crippen LogP contribution in [-0.4, -0.2) is 27.7 Å². The third-order valence-electron chi connectivity index (χ3n) is 2.97. The van der Waals surface area contributed by atoms with Crippen molar-refractivity contribution >= 4 is 23.7 Å². The Bertz CT molecular complexity index is 701. The van der Waals surface area contributed by atoms with Gasteiger partial charge in [-0.2, -0.15) is 0 Å². The molecule has 7 nitrogen and oxygen atoms in total. The first-order chi connectivity index (χ1) is 11.4. The summed E-state index contributed by atoms with van der Waals surface area (Å²) in [5.41, 5.74) is 0.854. The first-order valence-electron chi connectivity index (χ1n) is 7.52. The first kappa shape index (κ1) is 18.0. The summed E-state index contributed by atoms with van der Waals surface area (Å²) in [5, 5.41) is 5.54. The van der Waals surface area contributed by atoms with Crippen LogP contribution in [-0.2, 0) is 11.3 Å². The van der Waals surface area contributed by atoms with E-state index in [1.165, 1.54) is 18.0 Å². The highest BCUT2D eigenvalue weighted by Gasteiger charge is 2.11. The Morgan fingerprint density at radius 2 is 2.12 bits per heavy atom. The van der Waals surface area contributed by atoms with Gasteiger partial charge in [0.15, 0.2) is 0 Å². The number of nitrogens with zero attached hydrogens (tertiary/aromatic N) is 2. The molecule has 2 aromatic rings. The molecule has 24 heavy (non-hydrogen) atoms. The number of rotatable bonds is 6. The van der Waals surface area contributed by atoms with Gasteiger partial charge in [0.25, 0.3) is 0 Å². The number of hydrogen-bond donors (Lipinski definition) is 2. The number of hydrogen-bond acceptors (Lipinski definition) is 6. The van der Waals surface area contributed by atoms with Crippen LogP contribution >= 0.6 is 11.8 Å². The standard InChI is InChI=1S/C16H20N4O3S/c1-10(2)15-18-11(3)7-14(20-15)24-9-13(21)19-16(22)17-8-12-5-4-6-23-12/h4-7,10H,8-9H2,1-3H3,(H2,17,19,21,22). The quantitative estimate of drug-likeness (QED) is 0.615. The molecule has 0 aliphatic rings. The lowest BCUT2D eigenvalue weighted by Gasteiger charge is -2.08. The molecule has 0 atom stereocenters. The van der Waals surface area contributed by atoms with Gasteiger partial charge in [-0.25, -0.2) is 14.8 Å². The van der Waals surface area contributed by atoms with E-state index in [2.05, 4.69) is 20.6 Å². The Morgan fingerprint density at radius 1 is 1.33 bits per heavy atom. The van der Waals surface area contributed by atoms with Crippen LogP contribution in [0.2, 0.25) is 0 Å². The molecule has 0 bridgehead atoms. The van der Waals surface area contributed by atoms with E-state index in [0.29, 0.717) is 5.76 Å². The Kier molecular flexibility index (Phi) is 6.36. The zero-order valence-electron chi connectivity index (χ0n) is 13.8. The van der Waals surface area contributed by atoms with Gasteiger partial charge in [-0.1, -0.05) is 25.6 Å². The highest BCUT2D eigenvalue weighted by atomic mass is 32.2. The summed E-state index contributed by atoms with van der Waals surface area (Å²) >= 11 is 1.27. The summed E-state index contributed by atoms with van der Waals surface area (Å²) in [4.78, 5) is 32.2. The topological polar surface area (TPSA) is 97.1 Å². The molecule has 0 spiro atoms. The van der Waals surface area contributed by atoms with Crippen LogP contribution in [0.3, 0.4) is 0 Å². The normalized spacial score (nSPS) is 10.7. The maximum absolute atomic E-state index is 11.8. The second-order valence-electron chi connectivity index (χ2n) is 5.46. The van der Waals surface area contributed by atoms with E-state index in [-0.39, 0.29) is 24.1 Å². The van der Waals surface area contributed by atoms with Crippen molar-refractivity contribution in [1.82, 2.24) is 20.6 Å². The minimum Gasteiger partial charge on any atom is -0.467 e. The van der Waals surface area contributed by atoms with E-state index in [1.54, 1.807) is 12.1 Å². The molecule has 128 valence electrons. The smallest absolute Gasteiger partial charge is 0.321 e. The molecule has 0 fully saturated rings. The highest BCUT2D eigenvalue weighted by molar-refractivity contribution is 7.99. The molecule has 0 aromatic carbocycles. The van der Waals surface area contributed by atoms with Gasteiger partial charge < -0.3 is 9.73 Å². The number of amides is 3. The molecular formula is C16H20N4O3S. The summed E-state index contributed by atoms with van der Waals surface area (Å²) in [7, 11) is 0. The van der Waals surface area contributed by atoms with Gasteiger partial charge in [0.1, 0.15) is 16.6 Å². The second kappa shape index (κ2) is 8.49. The first-order valence-corrected chi connectivity index (χ1v) is 8.51. The minimum atomic E-state index is -0.557. The van der Waals surface area contributed by atoms with Crippen molar-refractivity contribution in [1.29, 1.82) is 0 Å². The molecule has 8 heteroatoms. The fourth-order valence-electron chi connectivity index (χ4n) is 1.82. The molecule has 2 heterocycles. The molecule has 2 aromatic heterocycles. The number of furan rings is 1. The van der Waals surface area contributed by atoms with E-state index >= 15 is 0 Å². The lowest BCUT2D eigenvalue weighted by atomic mass is 10.2. The SMILES string of the molecule is Cc1cc(SCC(=O)NC(=O)NCc2ccco2)nc(C(C)C)n1. The average molecular weight is 348 g/mol. The van der Waals surface area contributed by atoms with E-state index < -0.39 is 6.03 Å². The number of carbonyl (C=O) groups excluding carboxylic acids is 2. The number of aromatic nitrogens is 2. The van der Waals surface area contributed by atoms with Crippen molar-refractivity contribution in [2.24, 2.45) is 0 Å². The number of nitrogens with one attached hydrogen (secondary N) is 2. The number of aryl methyl sites for hydroxylation is 1. The van der Waals surface area contributed by atoms with Crippen molar-refractivity contribution in [3.8, 4) is 0 Å². The third kappa shape index (κ3) is 5.69. The summed E-state index contributed by atoms with van der Waals surface area (Å²) in [6, 6.07) is 4.73. The van der Waals surface area contributed by atoms with Crippen LogP contribution < -0.4 is 10.6 Å². The number of thioether (sulfide) groups is 1. The predicted octanol–water partition coefficient (Wildman–Crippen LogP) is 2.62. The van der Waals surface area contributed by atoms with Crippen molar-refractivity contribution in [3.63, 3.8) is 0 Å². The van der Waals surface area contributed by atoms with Gasteiger partial charge in [-0.15, -0.1) is 0 Å². The summed E-state index contributed by atoms with van der Waals surface area (Å²) in [5.74, 6) is 1.28. The van der Waals surface area contributed by atoms with Crippen LogP contribution in [0.1, 0.15) is 37.0 Å². The lowest BCUT2D eigenvalue weighted by molar-refractivity contribution is -0.117. The third-order valence-corrected chi connectivity index (χ3v) is 3.88. The fourth-order valence-corrected chi connectivity index (χ4v) is 2.58. The van der Waals surface area contributed by atoms with Gasteiger partial charge in [0.05, 0.1) is 18.6 Å². The van der Waals surface area contributed by atoms with E-state index in [9.17, 15) is 9.59 Å². The molecule has 0 radical (unpaired) electrons. The van der Waals surface area contributed by atoms with Gasteiger partial charge >= 0.3 is 6.03 Å². The molecular weight excluding hydrogens is 328 g/mol. The largest absolute Gasteiger partial charge is 0.467 e. The van der Waals surface area contributed by atoms with Crippen LogP contribution in [0.5, 0.6) is 0 Å². The molecule has 0 aliphatic heterocycles. The summed E-state index contributed by atoms with van der Waals surface area (Å²) in [6.07, 6.45) is 1.52. The Morgan fingerprint density at radius 3 is 2.79 bits per heavy atom. The minimum absolute atomic E-state index is 0.0994. The Hall–Kier alpha value is -2.35. The number of carbonyl (C=O) groups is 2. The molecule has 0 saturated carbocycles. The Balaban J connectivity index is 1.79. The molecule has 0 saturated heterocycles. The van der Waals surface area contributed by atoms with Crippen LogP contribution in [0.15, 0.2) is 33.9 Å². The highest BCUT2D eigenvalue weighted by Crippen LogP contribution is 2.19. The van der Waals surface area contributed by atoms with Gasteiger partial charge in [0.2, 0.25) is 5.91 Å². The van der Waals surface area contributed by atoms with Crippen molar-refractivity contribution in [2.75, 3.05) is 5.75 Å². The number of urea groups is 1. The Labute approximate surface area is 144 Å². The molecule has 3 amide bonds. The van der Waals surface area contributed by atoms with Crippen molar-refractivity contribution in [2.45, 2.75) is 38.3 Å². The average Bonchev–Trinajstić information content (AvgIpc) is 3.04. The molecule has 0 unspecified atom stereocenters. The maximum Gasteiger partial charge on any atom is 0.321 e.